The molecule has 0 spiro atoms. The maximum atomic E-state index is 3.49. The molecule has 0 radical (unpaired) electrons. The van der Waals surface area contributed by atoms with Gasteiger partial charge in [-0.15, -0.1) is 0 Å². The topological polar surface area (TPSA) is 12.0 Å². The van der Waals surface area contributed by atoms with Gasteiger partial charge >= 0.3 is 0 Å². The third-order valence-corrected chi connectivity index (χ3v) is 3.62. The van der Waals surface area contributed by atoms with Gasteiger partial charge in [0.25, 0.3) is 0 Å². The van der Waals surface area contributed by atoms with Crippen LogP contribution in [0.5, 0.6) is 0 Å². The molecule has 0 aromatic heterocycles. The predicted octanol–water partition coefficient (Wildman–Crippen LogP) is 4.13. The van der Waals surface area contributed by atoms with E-state index >= 15 is 0 Å². The Morgan fingerprint density at radius 1 is 0.933 bits per heavy atom. The highest BCUT2D eigenvalue weighted by Gasteiger charge is 2.11. The van der Waals surface area contributed by atoms with Crippen molar-refractivity contribution >= 4 is 0 Å². The molecule has 0 aromatic carbocycles. The van der Waals surface area contributed by atoms with Crippen LogP contribution in [0.3, 0.4) is 0 Å². The highest BCUT2D eigenvalue weighted by Crippen LogP contribution is 2.26. The van der Waals surface area contributed by atoms with Crippen LogP contribution in [0.25, 0.3) is 0 Å². The summed E-state index contributed by atoms with van der Waals surface area (Å²) in [5.41, 5.74) is 0. The predicted molar refractivity (Wildman–Crippen MR) is 68.2 cm³/mol. The largest absolute Gasteiger partial charge is 0.317 e. The standard InChI is InChI=1S/C14H29N/c1-2-12-15-13-8-7-11-14-9-5-3-4-6-10-14/h14-15H,2-13H2,1H3. The Hall–Kier alpha value is -0.0400. The molecule has 15 heavy (non-hydrogen) atoms. The summed E-state index contributed by atoms with van der Waals surface area (Å²) in [6.07, 6.45) is 14.6. The fraction of sp³-hybridized carbons (Fsp3) is 1.00. The maximum absolute atomic E-state index is 3.49. The van der Waals surface area contributed by atoms with Gasteiger partial charge in [-0.1, -0.05) is 58.3 Å². The van der Waals surface area contributed by atoms with Crippen molar-refractivity contribution < 1.29 is 0 Å². The van der Waals surface area contributed by atoms with Crippen LogP contribution in [0.2, 0.25) is 0 Å². The van der Waals surface area contributed by atoms with Gasteiger partial charge in [0.15, 0.2) is 0 Å². The van der Waals surface area contributed by atoms with Crippen LogP contribution in [0.4, 0.5) is 0 Å². The van der Waals surface area contributed by atoms with Crippen molar-refractivity contribution in [2.75, 3.05) is 13.1 Å². The van der Waals surface area contributed by atoms with Crippen molar-refractivity contribution in [3.8, 4) is 0 Å². The Labute approximate surface area is 96.0 Å². The summed E-state index contributed by atoms with van der Waals surface area (Å²) in [5, 5.41) is 3.49. The molecule has 0 saturated heterocycles. The molecule has 1 heteroatoms. The number of unbranched alkanes of at least 4 members (excludes halogenated alkanes) is 1. The van der Waals surface area contributed by atoms with E-state index in [1.165, 1.54) is 77.3 Å². The van der Waals surface area contributed by atoms with Gasteiger partial charge in [0.2, 0.25) is 0 Å². The number of nitrogens with one attached hydrogen (secondary N) is 1. The molecule has 1 saturated carbocycles. The molecule has 0 bridgehead atoms. The van der Waals surface area contributed by atoms with Crippen LogP contribution in [0.1, 0.15) is 71.1 Å². The van der Waals surface area contributed by atoms with Crippen LogP contribution in [-0.4, -0.2) is 13.1 Å². The van der Waals surface area contributed by atoms with Gasteiger partial charge in [0.05, 0.1) is 0 Å². The van der Waals surface area contributed by atoms with Crippen molar-refractivity contribution in [2.24, 2.45) is 5.92 Å². The van der Waals surface area contributed by atoms with Crippen molar-refractivity contribution in [1.82, 2.24) is 5.32 Å². The summed E-state index contributed by atoms with van der Waals surface area (Å²) in [7, 11) is 0. The van der Waals surface area contributed by atoms with Gasteiger partial charge in [-0.05, 0) is 31.8 Å². The average Bonchev–Trinajstić information content (AvgIpc) is 2.52. The van der Waals surface area contributed by atoms with E-state index in [4.69, 9.17) is 0 Å². The minimum Gasteiger partial charge on any atom is -0.317 e. The number of hydrogen-bond acceptors (Lipinski definition) is 1. The first-order valence-electron chi connectivity index (χ1n) is 7.14. The lowest BCUT2D eigenvalue weighted by molar-refractivity contribution is 0.407. The Morgan fingerprint density at radius 2 is 1.67 bits per heavy atom. The normalized spacial score (nSPS) is 19.0. The second-order valence-corrected chi connectivity index (χ2v) is 5.10. The molecule has 0 aliphatic heterocycles. The lowest BCUT2D eigenvalue weighted by Gasteiger charge is -2.13. The summed E-state index contributed by atoms with van der Waals surface area (Å²) in [6.45, 7) is 4.67. The van der Waals surface area contributed by atoms with Crippen molar-refractivity contribution in [2.45, 2.75) is 71.1 Å². The van der Waals surface area contributed by atoms with Crippen molar-refractivity contribution in [1.29, 1.82) is 0 Å². The second-order valence-electron chi connectivity index (χ2n) is 5.10. The maximum Gasteiger partial charge on any atom is -0.00489 e. The quantitative estimate of drug-likeness (QED) is 0.493. The van der Waals surface area contributed by atoms with E-state index < -0.39 is 0 Å². The lowest BCUT2D eigenvalue weighted by Crippen LogP contribution is -2.16. The highest BCUT2D eigenvalue weighted by atomic mass is 14.8. The van der Waals surface area contributed by atoms with Crippen LogP contribution < -0.4 is 5.32 Å². The zero-order chi connectivity index (χ0) is 10.8. The summed E-state index contributed by atoms with van der Waals surface area (Å²) in [5.74, 6) is 1.07. The fourth-order valence-electron chi connectivity index (χ4n) is 2.64. The zero-order valence-corrected chi connectivity index (χ0v) is 10.6. The van der Waals surface area contributed by atoms with Gasteiger partial charge in [0.1, 0.15) is 0 Å². The van der Waals surface area contributed by atoms with Crippen LogP contribution in [0, 0.1) is 5.92 Å². The van der Waals surface area contributed by atoms with E-state index in [-0.39, 0.29) is 0 Å². The third kappa shape index (κ3) is 6.94. The second kappa shape index (κ2) is 9.21. The van der Waals surface area contributed by atoms with Crippen LogP contribution in [-0.2, 0) is 0 Å². The fourth-order valence-corrected chi connectivity index (χ4v) is 2.64. The van der Waals surface area contributed by atoms with E-state index in [1.807, 2.05) is 0 Å². The van der Waals surface area contributed by atoms with Gasteiger partial charge in [-0.2, -0.15) is 0 Å². The van der Waals surface area contributed by atoms with Crippen molar-refractivity contribution in [3.63, 3.8) is 0 Å². The highest BCUT2D eigenvalue weighted by molar-refractivity contribution is 4.64. The molecular weight excluding hydrogens is 182 g/mol. The molecule has 0 amide bonds. The van der Waals surface area contributed by atoms with Crippen molar-refractivity contribution in [3.05, 3.63) is 0 Å². The molecule has 0 atom stereocenters. The van der Waals surface area contributed by atoms with Gasteiger partial charge in [-0.3, -0.25) is 0 Å². The summed E-state index contributed by atoms with van der Waals surface area (Å²) < 4.78 is 0. The van der Waals surface area contributed by atoms with E-state index in [1.54, 1.807) is 0 Å². The molecule has 1 nitrogen and oxygen atoms in total. The van der Waals surface area contributed by atoms with E-state index in [0.29, 0.717) is 0 Å². The Morgan fingerprint density at radius 3 is 2.33 bits per heavy atom. The van der Waals surface area contributed by atoms with Gasteiger partial charge in [0, 0.05) is 0 Å². The summed E-state index contributed by atoms with van der Waals surface area (Å²) in [6, 6.07) is 0. The molecule has 1 fully saturated rings. The first-order chi connectivity index (χ1) is 7.43. The third-order valence-electron chi connectivity index (χ3n) is 3.62. The summed E-state index contributed by atoms with van der Waals surface area (Å²) in [4.78, 5) is 0. The first-order valence-corrected chi connectivity index (χ1v) is 7.14. The van der Waals surface area contributed by atoms with Crippen LogP contribution in [0.15, 0.2) is 0 Å². The Balaban J connectivity index is 1.89. The minimum absolute atomic E-state index is 1.07. The Bertz CT molecular complexity index is 125. The SMILES string of the molecule is CCCNCCCCC1CCCCCC1. The van der Waals surface area contributed by atoms with Gasteiger partial charge in [-0.25, -0.2) is 0 Å². The Kier molecular flexibility index (Phi) is 7.99. The monoisotopic (exact) mass is 211 g/mol. The molecule has 1 N–H and O–H groups in total. The molecule has 1 rings (SSSR count). The summed E-state index contributed by atoms with van der Waals surface area (Å²) >= 11 is 0. The lowest BCUT2D eigenvalue weighted by atomic mass is 9.94. The van der Waals surface area contributed by atoms with Crippen LogP contribution >= 0.6 is 0 Å². The number of hydrogen-bond donors (Lipinski definition) is 1. The molecule has 0 unspecified atom stereocenters. The number of rotatable bonds is 7. The van der Waals surface area contributed by atoms with E-state index in [9.17, 15) is 0 Å². The molecule has 1 aliphatic rings. The molecular formula is C14H29N. The molecule has 0 aromatic rings. The minimum atomic E-state index is 1.07. The average molecular weight is 211 g/mol. The van der Waals surface area contributed by atoms with Gasteiger partial charge < -0.3 is 5.32 Å². The van der Waals surface area contributed by atoms with E-state index in [2.05, 4.69) is 12.2 Å². The first kappa shape index (κ1) is 13.0. The molecule has 90 valence electrons. The molecule has 0 heterocycles. The molecule has 1 aliphatic carbocycles. The van der Waals surface area contributed by atoms with E-state index in [0.717, 1.165) is 5.92 Å². The smallest absolute Gasteiger partial charge is 0.00489 e. The zero-order valence-electron chi connectivity index (χ0n) is 10.6.